The lowest BCUT2D eigenvalue weighted by Crippen LogP contribution is -2.22. The number of rotatable bonds is 9. The molecule has 0 fully saturated rings. The van der Waals surface area contributed by atoms with Crippen molar-refractivity contribution in [2.24, 2.45) is 5.41 Å². The van der Waals surface area contributed by atoms with Crippen molar-refractivity contribution in [2.75, 3.05) is 13.7 Å². The highest BCUT2D eigenvalue weighted by Gasteiger charge is 2.28. The molecular formula is C23H35BN3O3Si. The van der Waals surface area contributed by atoms with E-state index in [2.05, 4.69) is 19.6 Å². The third-order valence-corrected chi connectivity index (χ3v) is 7.25. The molecule has 0 saturated carbocycles. The van der Waals surface area contributed by atoms with Gasteiger partial charge in [-0.3, -0.25) is 4.79 Å². The van der Waals surface area contributed by atoms with Gasteiger partial charge in [0.1, 0.15) is 12.2 Å². The summed E-state index contributed by atoms with van der Waals surface area (Å²) in [5.74, 6) is 0.0638. The third kappa shape index (κ3) is 5.73. The van der Waals surface area contributed by atoms with E-state index in [-0.39, 0.29) is 5.78 Å². The predicted octanol–water partition coefficient (Wildman–Crippen LogP) is 5.13. The first-order chi connectivity index (χ1) is 14.5. The summed E-state index contributed by atoms with van der Waals surface area (Å²) in [5, 5.41) is 0. The summed E-state index contributed by atoms with van der Waals surface area (Å²) in [7, 11) is 2.31. The van der Waals surface area contributed by atoms with Crippen molar-refractivity contribution in [3.05, 3.63) is 29.1 Å². The Morgan fingerprint density at radius 3 is 2.65 bits per heavy atom. The van der Waals surface area contributed by atoms with Crippen molar-refractivity contribution >= 4 is 38.1 Å². The lowest BCUT2D eigenvalue weighted by atomic mass is 9.83. The number of ether oxygens (including phenoxy) is 1. The van der Waals surface area contributed by atoms with Crippen LogP contribution in [0.4, 0.5) is 0 Å². The van der Waals surface area contributed by atoms with Crippen LogP contribution in [0.15, 0.2) is 17.9 Å². The topological polar surface area (TPSA) is 66.2 Å². The molecular weight excluding hydrogens is 405 g/mol. The Bertz CT molecular complexity index is 986. The molecule has 0 amide bonds. The number of carbonyl (C=O) groups is 1. The standard InChI is InChI=1S/C23H35BN3O3Si/c1-23(2,3)21(28)17-14-27(15-30-11-12-31(5,6)7)22-20(17)26-19(13-25-22)16-9-8-10-18(16)24-29-4/h13-14H,8-12,15H2,1-7H3. The first-order valence-electron chi connectivity index (χ1n) is 11.1. The molecule has 6 nitrogen and oxygen atoms in total. The van der Waals surface area contributed by atoms with Crippen LogP contribution in [0.25, 0.3) is 16.7 Å². The minimum atomic E-state index is -1.16. The van der Waals surface area contributed by atoms with Gasteiger partial charge < -0.3 is 14.0 Å². The third-order valence-electron chi connectivity index (χ3n) is 5.55. The average Bonchev–Trinajstić information content (AvgIpc) is 3.27. The number of ketones is 1. The van der Waals surface area contributed by atoms with E-state index in [1.165, 1.54) is 0 Å². The Kier molecular flexibility index (Phi) is 7.23. The second-order valence-corrected chi connectivity index (χ2v) is 16.2. The molecule has 1 aliphatic carbocycles. The minimum absolute atomic E-state index is 0.0638. The molecule has 2 heterocycles. The maximum absolute atomic E-state index is 13.2. The fraction of sp³-hybridized carbons (Fsp3) is 0.609. The van der Waals surface area contributed by atoms with Crippen molar-refractivity contribution in [2.45, 2.75) is 72.4 Å². The molecule has 1 aliphatic rings. The van der Waals surface area contributed by atoms with Gasteiger partial charge in [0, 0.05) is 33.4 Å². The quantitative estimate of drug-likeness (QED) is 0.307. The van der Waals surface area contributed by atoms with Crippen molar-refractivity contribution in [1.82, 2.24) is 14.5 Å². The molecule has 167 valence electrons. The number of hydrogen-bond donors (Lipinski definition) is 0. The van der Waals surface area contributed by atoms with Crippen LogP contribution in [0.2, 0.25) is 25.7 Å². The summed E-state index contributed by atoms with van der Waals surface area (Å²) >= 11 is 0. The Morgan fingerprint density at radius 1 is 1.26 bits per heavy atom. The Hall–Kier alpha value is -1.77. The highest BCUT2D eigenvalue weighted by molar-refractivity contribution is 6.76. The normalized spacial score (nSPS) is 15.2. The molecule has 0 spiro atoms. The number of hydrogen-bond acceptors (Lipinski definition) is 5. The van der Waals surface area contributed by atoms with Gasteiger partial charge >= 0.3 is 7.48 Å². The molecule has 31 heavy (non-hydrogen) atoms. The van der Waals surface area contributed by atoms with Crippen LogP contribution >= 0.6 is 0 Å². The number of Topliss-reactive ketones (excluding diaryl/α,β-unsaturated/α-hetero) is 1. The Labute approximate surface area is 187 Å². The van der Waals surface area contributed by atoms with Crippen molar-refractivity contribution in [1.29, 1.82) is 0 Å². The molecule has 0 aliphatic heterocycles. The second kappa shape index (κ2) is 9.38. The summed E-state index contributed by atoms with van der Waals surface area (Å²) in [6.07, 6.45) is 6.67. The second-order valence-electron chi connectivity index (χ2n) is 10.6. The minimum Gasteiger partial charge on any atom is -0.437 e. The summed E-state index contributed by atoms with van der Waals surface area (Å²) in [4.78, 5) is 22.8. The molecule has 0 unspecified atom stereocenters. The van der Waals surface area contributed by atoms with Crippen LogP contribution in [0.1, 0.15) is 56.1 Å². The molecule has 0 N–H and O–H groups in total. The summed E-state index contributed by atoms with van der Waals surface area (Å²) in [6, 6.07) is 1.10. The highest BCUT2D eigenvalue weighted by Crippen LogP contribution is 2.34. The molecule has 0 atom stereocenters. The number of aromatic nitrogens is 3. The number of allylic oxidation sites excluding steroid dienone is 2. The Morgan fingerprint density at radius 2 is 2.00 bits per heavy atom. The average molecular weight is 440 g/mol. The van der Waals surface area contributed by atoms with Crippen LogP contribution < -0.4 is 0 Å². The van der Waals surface area contributed by atoms with Crippen LogP contribution in [-0.2, 0) is 16.1 Å². The van der Waals surface area contributed by atoms with Crippen molar-refractivity contribution in [3.63, 3.8) is 0 Å². The zero-order valence-electron chi connectivity index (χ0n) is 20.0. The van der Waals surface area contributed by atoms with Gasteiger partial charge in [-0.2, -0.15) is 0 Å². The zero-order chi connectivity index (χ0) is 22.8. The van der Waals surface area contributed by atoms with E-state index in [0.29, 0.717) is 30.1 Å². The van der Waals surface area contributed by atoms with Gasteiger partial charge in [0.2, 0.25) is 0 Å². The molecule has 0 saturated heterocycles. The summed E-state index contributed by atoms with van der Waals surface area (Å²) < 4.78 is 13.1. The van der Waals surface area contributed by atoms with E-state index in [1.807, 2.05) is 37.7 Å². The molecule has 3 rings (SSSR count). The Balaban J connectivity index is 1.99. The highest BCUT2D eigenvalue weighted by atomic mass is 28.3. The van der Waals surface area contributed by atoms with E-state index in [9.17, 15) is 4.79 Å². The van der Waals surface area contributed by atoms with Gasteiger partial charge in [0.15, 0.2) is 11.4 Å². The van der Waals surface area contributed by atoms with E-state index < -0.39 is 13.5 Å². The molecule has 0 bridgehead atoms. The lowest BCUT2D eigenvalue weighted by Gasteiger charge is -2.16. The van der Waals surface area contributed by atoms with Gasteiger partial charge in [0.25, 0.3) is 0 Å². The van der Waals surface area contributed by atoms with Gasteiger partial charge in [0.05, 0.1) is 17.5 Å². The van der Waals surface area contributed by atoms with E-state index in [4.69, 9.17) is 19.4 Å². The van der Waals surface area contributed by atoms with Crippen LogP contribution in [0, 0.1) is 5.41 Å². The van der Waals surface area contributed by atoms with Crippen molar-refractivity contribution < 1.29 is 14.2 Å². The van der Waals surface area contributed by atoms with E-state index in [0.717, 1.165) is 42.0 Å². The van der Waals surface area contributed by atoms with Crippen LogP contribution in [0.3, 0.4) is 0 Å². The van der Waals surface area contributed by atoms with Crippen molar-refractivity contribution in [3.8, 4) is 0 Å². The van der Waals surface area contributed by atoms with Crippen LogP contribution in [0.5, 0.6) is 0 Å². The van der Waals surface area contributed by atoms with E-state index in [1.54, 1.807) is 14.6 Å². The summed E-state index contributed by atoms with van der Waals surface area (Å²) in [6.45, 7) is 13.9. The largest absolute Gasteiger partial charge is 0.437 e. The predicted molar refractivity (Wildman–Crippen MR) is 129 cm³/mol. The van der Waals surface area contributed by atoms with Gasteiger partial charge in [-0.25, -0.2) is 9.97 Å². The first kappa shape index (κ1) is 23.9. The lowest BCUT2D eigenvalue weighted by molar-refractivity contribution is 0.0849. The number of nitrogens with zero attached hydrogens (tertiary/aromatic N) is 3. The molecule has 2 aromatic rings. The summed E-state index contributed by atoms with van der Waals surface area (Å²) in [5.41, 5.74) is 4.60. The SMILES string of the molecule is CO[B]C1=C(c2cnc3c(n2)c(C(=O)C(C)(C)C)cn3COCC[Si](C)(C)C)CCC1. The number of fused-ring (bicyclic) bond motifs is 1. The zero-order valence-corrected chi connectivity index (χ0v) is 21.0. The molecule has 8 heteroatoms. The molecule has 1 radical (unpaired) electrons. The van der Waals surface area contributed by atoms with Gasteiger partial charge in [-0.05, 0) is 30.9 Å². The maximum atomic E-state index is 13.2. The molecule has 2 aromatic heterocycles. The smallest absolute Gasteiger partial charge is 0.325 e. The molecule has 0 aromatic carbocycles. The van der Waals surface area contributed by atoms with Gasteiger partial charge in [-0.15, -0.1) is 0 Å². The number of carbonyl (C=O) groups excluding carboxylic acids is 1. The maximum Gasteiger partial charge on any atom is 0.325 e. The van der Waals surface area contributed by atoms with E-state index >= 15 is 0 Å². The fourth-order valence-electron chi connectivity index (χ4n) is 3.74. The van der Waals surface area contributed by atoms with Gasteiger partial charge in [-0.1, -0.05) is 45.9 Å². The fourth-order valence-corrected chi connectivity index (χ4v) is 4.50. The first-order valence-corrected chi connectivity index (χ1v) is 14.8. The monoisotopic (exact) mass is 440 g/mol. The van der Waals surface area contributed by atoms with Crippen LogP contribution in [-0.4, -0.2) is 49.6 Å².